The van der Waals surface area contributed by atoms with Crippen LogP contribution < -0.4 is 10.1 Å². The molecule has 0 saturated heterocycles. The van der Waals surface area contributed by atoms with Crippen LogP contribution in [0.3, 0.4) is 0 Å². The van der Waals surface area contributed by atoms with Crippen molar-refractivity contribution in [3.8, 4) is 5.75 Å². The maximum Gasteiger partial charge on any atom is 0.261 e. The fourth-order valence-corrected chi connectivity index (χ4v) is 4.52. The largest absolute Gasteiger partial charge is 0.493 e. The van der Waals surface area contributed by atoms with E-state index >= 15 is 0 Å². The molecule has 0 fully saturated rings. The van der Waals surface area contributed by atoms with Crippen LogP contribution in [-0.2, 0) is 19.4 Å². The van der Waals surface area contributed by atoms with E-state index in [2.05, 4.69) is 34.7 Å². The summed E-state index contributed by atoms with van der Waals surface area (Å²) in [6.45, 7) is 5.93. The smallest absolute Gasteiger partial charge is 0.261 e. The summed E-state index contributed by atoms with van der Waals surface area (Å²) in [5.74, 6) is 1.97. The fourth-order valence-electron chi connectivity index (χ4n) is 3.88. The minimum absolute atomic E-state index is 0.00705. The first-order valence-corrected chi connectivity index (χ1v) is 12.2. The number of aromatic nitrogens is 2. The molecular weight excluding hydrogens is 430 g/mol. The van der Waals surface area contributed by atoms with E-state index in [1.54, 1.807) is 0 Å². The Morgan fingerprint density at radius 3 is 2.79 bits per heavy atom. The lowest BCUT2D eigenvalue weighted by atomic mass is 10.1. The average molecular weight is 460 g/mol. The number of hydrogen-bond donors (Lipinski definition) is 1. The molecule has 170 valence electrons. The molecule has 1 N–H and O–H groups in total. The number of nitrogens with one attached hydrogen (secondary N) is 1. The van der Waals surface area contributed by atoms with Gasteiger partial charge in [-0.2, -0.15) is 0 Å². The van der Waals surface area contributed by atoms with Crippen LogP contribution in [0.2, 0.25) is 0 Å². The Morgan fingerprint density at radius 2 is 1.94 bits per heavy atom. The summed E-state index contributed by atoms with van der Waals surface area (Å²) in [6, 6.07) is 20.1. The summed E-state index contributed by atoms with van der Waals surface area (Å²) < 4.78 is 8.36. The highest BCUT2D eigenvalue weighted by Crippen LogP contribution is 2.20. The van der Waals surface area contributed by atoms with Gasteiger partial charge in [0.05, 0.1) is 22.5 Å². The molecule has 4 aromatic rings. The molecule has 0 aliphatic heterocycles. The third kappa shape index (κ3) is 5.90. The number of carbonyl (C=O) groups excluding carboxylic acids is 1. The van der Waals surface area contributed by atoms with Crippen molar-refractivity contribution in [3.63, 3.8) is 0 Å². The Bertz CT molecular complexity index is 1200. The van der Waals surface area contributed by atoms with E-state index in [0.717, 1.165) is 65.3 Å². The predicted octanol–water partition coefficient (Wildman–Crippen LogP) is 5.66. The number of fused-ring (bicyclic) bond motifs is 1. The van der Waals surface area contributed by atoms with Gasteiger partial charge >= 0.3 is 0 Å². The van der Waals surface area contributed by atoms with Crippen molar-refractivity contribution in [3.05, 3.63) is 95.0 Å². The molecule has 6 heteroatoms. The number of thiophene rings is 1. The van der Waals surface area contributed by atoms with Crippen molar-refractivity contribution in [2.75, 3.05) is 13.2 Å². The number of ether oxygens (including phenoxy) is 1. The molecule has 33 heavy (non-hydrogen) atoms. The lowest BCUT2D eigenvalue weighted by Gasteiger charge is -2.12. The van der Waals surface area contributed by atoms with E-state index < -0.39 is 0 Å². The Morgan fingerprint density at radius 1 is 1.09 bits per heavy atom. The molecule has 0 unspecified atom stereocenters. The number of amides is 1. The summed E-state index contributed by atoms with van der Waals surface area (Å²) in [4.78, 5) is 17.7. The first-order valence-electron chi connectivity index (χ1n) is 11.3. The molecule has 0 atom stereocenters. The molecular formula is C27H29N3O2S. The van der Waals surface area contributed by atoms with Gasteiger partial charge in [-0.25, -0.2) is 4.98 Å². The highest BCUT2D eigenvalue weighted by molar-refractivity contribution is 7.12. The number of carbonyl (C=O) groups is 1. The van der Waals surface area contributed by atoms with E-state index in [0.29, 0.717) is 13.2 Å². The Balaban J connectivity index is 1.34. The molecule has 5 nitrogen and oxygen atoms in total. The number of hydrogen-bond acceptors (Lipinski definition) is 4. The number of benzene rings is 2. The summed E-state index contributed by atoms with van der Waals surface area (Å²) in [6.07, 6.45) is 5.23. The molecule has 0 bridgehead atoms. The zero-order valence-electron chi connectivity index (χ0n) is 18.7. The van der Waals surface area contributed by atoms with Crippen molar-refractivity contribution < 1.29 is 9.53 Å². The molecule has 2 aromatic heterocycles. The van der Waals surface area contributed by atoms with Crippen LogP contribution in [0.15, 0.2) is 78.7 Å². The van der Waals surface area contributed by atoms with Gasteiger partial charge in [-0.3, -0.25) is 4.79 Å². The summed E-state index contributed by atoms with van der Waals surface area (Å²) >= 11 is 1.46. The van der Waals surface area contributed by atoms with Crippen LogP contribution >= 0.6 is 11.3 Å². The summed E-state index contributed by atoms with van der Waals surface area (Å²) in [5.41, 5.74) is 3.31. The average Bonchev–Trinajstić information content (AvgIpc) is 3.49. The molecule has 0 aliphatic carbocycles. The monoisotopic (exact) mass is 459 g/mol. The van der Waals surface area contributed by atoms with Crippen molar-refractivity contribution in [1.29, 1.82) is 0 Å². The van der Waals surface area contributed by atoms with Gasteiger partial charge in [-0.1, -0.05) is 42.5 Å². The van der Waals surface area contributed by atoms with E-state index in [1.807, 2.05) is 53.9 Å². The van der Waals surface area contributed by atoms with Crippen molar-refractivity contribution >= 4 is 28.3 Å². The number of imidazole rings is 1. The molecule has 0 aliphatic rings. The second kappa shape index (κ2) is 11.5. The Kier molecular flexibility index (Phi) is 7.93. The second-order valence-corrected chi connectivity index (χ2v) is 8.76. The van der Waals surface area contributed by atoms with Gasteiger partial charge < -0.3 is 14.6 Å². The predicted molar refractivity (Wildman–Crippen MR) is 135 cm³/mol. The van der Waals surface area contributed by atoms with Gasteiger partial charge in [0, 0.05) is 19.5 Å². The van der Waals surface area contributed by atoms with Gasteiger partial charge in [0.2, 0.25) is 0 Å². The maximum atomic E-state index is 12.1. The minimum atomic E-state index is -0.00705. The third-order valence-corrected chi connectivity index (χ3v) is 6.33. The molecule has 2 heterocycles. The van der Waals surface area contributed by atoms with Gasteiger partial charge in [-0.05, 0) is 54.5 Å². The SMILES string of the molecule is C=CCc1ccccc1OCCCn1c(CCCNC(=O)c2cccs2)nc2ccccc21. The molecule has 0 spiro atoms. The quantitative estimate of drug-likeness (QED) is 0.220. The highest BCUT2D eigenvalue weighted by atomic mass is 32.1. The lowest BCUT2D eigenvalue weighted by Crippen LogP contribution is -2.24. The summed E-state index contributed by atoms with van der Waals surface area (Å²) in [7, 11) is 0. The number of aryl methyl sites for hydroxylation is 2. The fraction of sp³-hybridized carbons (Fsp3) is 0.259. The number of rotatable bonds is 12. The number of para-hydroxylation sites is 3. The highest BCUT2D eigenvalue weighted by Gasteiger charge is 2.11. The Labute approximate surface area is 198 Å². The number of allylic oxidation sites excluding steroid dienone is 1. The lowest BCUT2D eigenvalue weighted by molar-refractivity contribution is 0.0957. The Hall–Kier alpha value is -3.38. The first kappa shape index (κ1) is 22.8. The van der Waals surface area contributed by atoms with Crippen LogP contribution in [0, 0.1) is 0 Å². The van der Waals surface area contributed by atoms with Crippen molar-refractivity contribution in [2.24, 2.45) is 0 Å². The van der Waals surface area contributed by atoms with Crippen LogP contribution in [0.1, 0.15) is 33.9 Å². The molecule has 0 radical (unpaired) electrons. The van der Waals surface area contributed by atoms with E-state index in [1.165, 1.54) is 11.3 Å². The maximum absolute atomic E-state index is 12.1. The molecule has 1 amide bonds. The zero-order valence-corrected chi connectivity index (χ0v) is 19.5. The van der Waals surface area contributed by atoms with Gasteiger partial charge in [-0.15, -0.1) is 17.9 Å². The van der Waals surface area contributed by atoms with Crippen molar-refractivity contribution in [2.45, 2.75) is 32.2 Å². The second-order valence-electron chi connectivity index (χ2n) is 7.81. The van der Waals surface area contributed by atoms with Crippen LogP contribution in [0.25, 0.3) is 11.0 Å². The number of nitrogens with zero attached hydrogens (tertiary/aromatic N) is 2. The van der Waals surface area contributed by atoms with Crippen LogP contribution in [0.4, 0.5) is 0 Å². The van der Waals surface area contributed by atoms with Crippen molar-refractivity contribution in [1.82, 2.24) is 14.9 Å². The molecule has 2 aromatic carbocycles. The van der Waals surface area contributed by atoms with Crippen LogP contribution in [-0.4, -0.2) is 28.6 Å². The standard InChI is InChI=1S/C27H29N3O2S/c1-2-10-21-11-3-6-14-24(21)32-19-9-18-30-23-13-5-4-12-22(23)29-26(30)16-7-17-28-27(31)25-15-8-20-33-25/h2-6,8,11-15,20H,1,7,9-10,16-19H2,(H,28,31). The van der Waals surface area contributed by atoms with Gasteiger partial charge in [0.15, 0.2) is 0 Å². The van der Waals surface area contributed by atoms with E-state index in [-0.39, 0.29) is 5.91 Å². The van der Waals surface area contributed by atoms with E-state index in [9.17, 15) is 4.79 Å². The van der Waals surface area contributed by atoms with Gasteiger partial charge in [0.1, 0.15) is 11.6 Å². The first-order chi connectivity index (χ1) is 16.3. The van der Waals surface area contributed by atoms with Gasteiger partial charge in [0.25, 0.3) is 5.91 Å². The van der Waals surface area contributed by atoms with E-state index in [4.69, 9.17) is 9.72 Å². The minimum Gasteiger partial charge on any atom is -0.493 e. The van der Waals surface area contributed by atoms with Crippen LogP contribution in [0.5, 0.6) is 5.75 Å². The zero-order chi connectivity index (χ0) is 22.9. The normalized spacial score (nSPS) is 10.9. The topological polar surface area (TPSA) is 56.1 Å². The molecule has 4 rings (SSSR count). The molecule has 0 saturated carbocycles. The summed E-state index contributed by atoms with van der Waals surface area (Å²) in [5, 5.41) is 4.92. The third-order valence-electron chi connectivity index (χ3n) is 5.46.